The number of nitrogens with zero attached hydrogens (tertiary/aromatic N) is 2. The SMILES string of the molecule is CCOC(=O)C1CC(NC(=O)c2cc3c(C(F)(F)F)nn(C)c3s2)NN1. The maximum Gasteiger partial charge on any atom is 0.435 e. The average molecular weight is 391 g/mol. The van der Waals surface area contributed by atoms with Crippen LogP contribution in [0.3, 0.4) is 0 Å². The largest absolute Gasteiger partial charge is 0.465 e. The molecule has 0 spiro atoms. The molecule has 3 heterocycles. The number of fused-ring (bicyclic) bond motifs is 1. The van der Waals surface area contributed by atoms with Gasteiger partial charge in [0.2, 0.25) is 0 Å². The van der Waals surface area contributed by atoms with Crippen molar-refractivity contribution in [1.82, 2.24) is 25.9 Å². The van der Waals surface area contributed by atoms with E-state index in [9.17, 15) is 22.8 Å². The van der Waals surface area contributed by atoms with Crippen molar-refractivity contribution in [2.45, 2.75) is 31.7 Å². The van der Waals surface area contributed by atoms with Crippen LogP contribution in [-0.4, -0.2) is 40.5 Å². The fraction of sp³-hybridized carbons (Fsp3) is 0.500. The van der Waals surface area contributed by atoms with Crippen LogP contribution < -0.4 is 16.2 Å². The van der Waals surface area contributed by atoms with E-state index >= 15 is 0 Å². The van der Waals surface area contributed by atoms with Crippen LogP contribution in [0, 0.1) is 0 Å². The van der Waals surface area contributed by atoms with Gasteiger partial charge in [0.1, 0.15) is 10.9 Å². The molecule has 1 fully saturated rings. The Morgan fingerprint density at radius 2 is 2.19 bits per heavy atom. The number of alkyl halides is 3. The zero-order valence-electron chi connectivity index (χ0n) is 13.8. The van der Waals surface area contributed by atoms with Gasteiger partial charge in [-0.2, -0.15) is 18.3 Å². The molecule has 3 rings (SSSR count). The van der Waals surface area contributed by atoms with E-state index in [1.165, 1.54) is 13.1 Å². The summed E-state index contributed by atoms with van der Waals surface area (Å²) >= 11 is 0.916. The van der Waals surface area contributed by atoms with Gasteiger partial charge in [0, 0.05) is 18.9 Å². The molecule has 1 aliphatic heterocycles. The van der Waals surface area contributed by atoms with Gasteiger partial charge >= 0.3 is 12.1 Å². The number of esters is 1. The molecule has 0 radical (unpaired) electrons. The molecule has 12 heteroatoms. The minimum Gasteiger partial charge on any atom is -0.465 e. The topological polar surface area (TPSA) is 97.3 Å². The molecule has 8 nitrogen and oxygen atoms in total. The van der Waals surface area contributed by atoms with Gasteiger partial charge in [-0.15, -0.1) is 11.3 Å². The molecule has 0 aromatic carbocycles. The van der Waals surface area contributed by atoms with Crippen LogP contribution in [0.25, 0.3) is 10.2 Å². The number of hydrogen-bond acceptors (Lipinski definition) is 7. The van der Waals surface area contributed by atoms with E-state index < -0.39 is 36.0 Å². The van der Waals surface area contributed by atoms with Crippen molar-refractivity contribution in [3.8, 4) is 0 Å². The third-order valence-electron chi connectivity index (χ3n) is 3.78. The maximum absolute atomic E-state index is 13.0. The number of nitrogens with one attached hydrogen (secondary N) is 3. The maximum atomic E-state index is 13.0. The Labute approximate surface area is 149 Å². The number of aromatic nitrogens is 2. The lowest BCUT2D eigenvalue weighted by Gasteiger charge is -2.10. The lowest BCUT2D eigenvalue weighted by molar-refractivity contribution is -0.145. The molecule has 1 amide bonds. The number of hydrazine groups is 1. The van der Waals surface area contributed by atoms with Gasteiger partial charge in [-0.1, -0.05) is 0 Å². The van der Waals surface area contributed by atoms with Gasteiger partial charge in [-0.25, -0.2) is 10.9 Å². The highest BCUT2D eigenvalue weighted by Crippen LogP contribution is 2.37. The molecule has 2 atom stereocenters. The second kappa shape index (κ2) is 6.85. The minimum atomic E-state index is -4.60. The Kier molecular flexibility index (Phi) is 4.90. The quantitative estimate of drug-likeness (QED) is 0.677. The van der Waals surface area contributed by atoms with Gasteiger partial charge in [0.15, 0.2) is 5.69 Å². The molecule has 1 saturated heterocycles. The monoisotopic (exact) mass is 391 g/mol. The molecule has 1 aliphatic rings. The second-order valence-corrected chi connectivity index (χ2v) is 6.69. The zero-order valence-corrected chi connectivity index (χ0v) is 14.6. The summed E-state index contributed by atoms with van der Waals surface area (Å²) in [7, 11) is 1.39. The normalized spacial score (nSPS) is 20.5. The van der Waals surface area contributed by atoms with Gasteiger partial charge in [0.05, 0.1) is 17.6 Å². The number of carbonyl (C=O) groups is 2. The first-order valence-corrected chi connectivity index (χ1v) is 8.54. The highest BCUT2D eigenvalue weighted by molar-refractivity contribution is 7.20. The van der Waals surface area contributed by atoms with E-state index in [0.29, 0.717) is 0 Å². The standard InChI is InChI=1S/C14H16F3N5O3S/c1-3-25-13(24)7-5-9(20-19-7)18-11(23)8-4-6-10(14(15,16)17)21-22(2)12(6)26-8/h4,7,9,19-20H,3,5H2,1-2H3,(H,18,23). The summed E-state index contributed by atoms with van der Waals surface area (Å²) in [4.78, 5) is 24.4. The van der Waals surface area contributed by atoms with Gasteiger partial charge < -0.3 is 10.1 Å². The molecular formula is C14H16F3N5O3S. The molecule has 0 aliphatic carbocycles. The van der Waals surface area contributed by atoms with Crippen LogP contribution >= 0.6 is 11.3 Å². The van der Waals surface area contributed by atoms with Crippen molar-refractivity contribution in [1.29, 1.82) is 0 Å². The second-order valence-electron chi connectivity index (χ2n) is 5.65. The number of halogens is 3. The summed E-state index contributed by atoms with van der Waals surface area (Å²) in [5.74, 6) is -0.984. The van der Waals surface area contributed by atoms with E-state index in [0.717, 1.165) is 16.0 Å². The Hall–Kier alpha value is -2.18. The van der Waals surface area contributed by atoms with Crippen LogP contribution in [-0.2, 0) is 22.8 Å². The molecule has 142 valence electrons. The average Bonchev–Trinajstić information content (AvgIpc) is 3.23. The number of aryl methyl sites for hydroxylation is 1. The lowest BCUT2D eigenvalue weighted by atomic mass is 10.2. The van der Waals surface area contributed by atoms with Crippen molar-refractivity contribution in [3.05, 3.63) is 16.6 Å². The number of hydrogen-bond donors (Lipinski definition) is 3. The molecular weight excluding hydrogens is 375 g/mol. The number of carbonyl (C=O) groups excluding carboxylic acids is 2. The lowest BCUT2D eigenvalue weighted by Crippen LogP contribution is -2.44. The van der Waals surface area contributed by atoms with Crippen LogP contribution in [0.15, 0.2) is 6.07 Å². The van der Waals surface area contributed by atoms with Crippen LogP contribution in [0.5, 0.6) is 0 Å². The highest BCUT2D eigenvalue weighted by atomic mass is 32.1. The van der Waals surface area contributed by atoms with Crippen LogP contribution in [0.2, 0.25) is 0 Å². The summed E-state index contributed by atoms with van der Waals surface area (Å²) < 4.78 is 45.0. The summed E-state index contributed by atoms with van der Waals surface area (Å²) in [5.41, 5.74) is 4.43. The first kappa shape index (κ1) is 18.6. The summed E-state index contributed by atoms with van der Waals surface area (Å²) in [6.45, 7) is 1.93. The fourth-order valence-electron chi connectivity index (χ4n) is 2.64. The molecule has 26 heavy (non-hydrogen) atoms. The van der Waals surface area contributed by atoms with Crippen LogP contribution in [0.1, 0.15) is 28.7 Å². The van der Waals surface area contributed by atoms with E-state index in [-0.39, 0.29) is 28.1 Å². The highest BCUT2D eigenvalue weighted by Gasteiger charge is 2.38. The first-order valence-electron chi connectivity index (χ1n) is 7.73. The van der Waals surface area contributed by atoms with Crippen LogP contribution in [0.4, 0.5) is 13.2 Å². The molecule has 0 bridgehead atoms. The first-order chi connectivity index (χ1) is 12.2. The third-order valence-corrected chi connectivity index (χ3v) is 4.98. The van der Waals surface area contributed by atoms with Crippen molar-refractivity contribution >= 4 is 33.4 Å². The van der Waals surface area contributed by atoms with E-state index in [1.54, 1.807) is 6.92 Å². The van der Waals surface area contributed by atoms with Crippen molar-refractivity contribution in [3.63, 3.8) is 0 Å². The van der Waals surface area contributed by atoms with Crippen molar-refractivity contribution in [2.24, 2.45) is 7.05 Å². The fourth-order valence-corrected chi connectivity index (χ4v) is 3.61. The summed E-state index contributed by atoms with van der Waals surface area (Å²) in [6, 6.07) is 0.569. The van der Waals surface area contributed by atoms with E-state index in [1.807, 2.05) is 0 Å². The summed E-state index contributed by atoms with van der Waals surface area (Å²) in [6.07, 6.45) is -4.90. The molecule has 0 saturated carbocycles. The summed E-state index contributed by atoms with van der Waals surface area (Å²) in [5, 5.41) is 5.98. The Morgan fingerprint density at radius 3 is 2.85 bits per heavy atom. The predicted molar refractivity (Wildman–Crippen MR) is 86.2 cm³/mol. The van der Waals surface area contributed by atoms with E-state index in [4.69, 9.17) is 4.74 Å². The third kappa shape index (κ3) is 3.52. The molecule has 2 aromatic rings. The van der Waals surface area contributed by atoms with Crippen molar-refractivity contribution in [2.75, 3.05) is 6.61 Å². The number of rotatable bonds is 4. The Balaban J connectivity index is 1.72. The molecule has 2 aromatic heterocycles. The Morgan fingerprint density at radius 1 is 1.46 bits per heavy atom. The van der Waals surface area contributed by atoms with Gasteiger partial charge in [-0.05, 0) is 13.0 Å². The van der Waals surface area contributed by atoms with Gasteiger partial charge in [-0.3, -0.25) is 14.3 Å². The van der Waals surface area contributed by atoms with E-state index in [2.05, 4.69) is 21.3 Å². The van der Waals surface area contributed by atoms with Gasteiger partial charge in [0.25, 0.3) is 5.91 Å². The smallest absolute Gasteiger partial charge is 0.435 e. The Bertz CT molecular complexity index is 847. The number of thiophene rings is 1. The molecule has 3 N–H and O–H groups in total. The zero-order chi connectivity index (χ0) is 19.1. The number of ether oxygens (including phenoxy) is 1. The predicted octanol–water partition coefficient (Wildman–Crippen LogP) is 1.14. The molecule has 2 unspecified atom stereocenters. The number of amides is 1. The van der Waals surface area contributed by atoms with Crippen molar-refractivity contribution < 1.29 is 27.5 Å². The minimum absolute atomic E-state index is 0.114.